The summed E-state index contributed by atoms with van der Waals surface area (Å²) in [4.78, 5) is 24.3. The van der Waals surface area contributed by atoms with Gasteiger partial charge in [-0.25, -0.2) is 0 Å². The first-order valence-electron chi connectivity index (χ1n) is 8.25. The van der Waals surface area contributed by atoms with Crippen LogP contribution in [0.25, 0.3) is 0 Å². The third-order valence-corrected chi connectivity index (χ3v) is 7.03. The van der Waals surface area contributed by atoms with Crippen molar-refractivity contribution < 1.29 is 33.6 Å². The highest BCUT2D eigenvalue weighted by Gasteiger charge is 2.94. The fourth-order valence-electron chi connectivity index (χ4n) is 6.07. The molecule has 3 saturated heterocycles. The maximum atomic E-state index is 12.6. The molecule has 2 aliphatic carbocycles. The SMILES string of the molecule is C=C(C)C1C2OC(=O)C1[C@]1(O)C3OC3[C@]3(OC(C)=O)COC2[C@]13C. The molecule has 2 bridgehead atoms. The molecule has 1 N–H and O–H groups in total. The van der Waals surface area contributed by atoms with E-state index >= 15 is 0 Å². The van der Waals surface area contributed by atoms with Gasteiger partial charge in [-0.3, -0.25) is 9.59 Å². The number of hydrogen-bond acceptors (Lipinski definition) is 7. The maximum absolute atomic E-state index is 12.6. The van der Waals surface area contributed by atoms with Crippen LogP contribution >= 0.6 is 0 Å². The first kappa shape index (κ1) is 14.9. The Morgan fingerprint density at radius 2 is 2.04 bits per heavy atom. The number of esters is 2. The minimum Gasteiger partial charge on any atom is -0.459 e. The lowest BCUT2D eigenvalue weighted by molar-refractivity contribution is -0.235. The van der Waals surface area contributed by atoms with Crippen molar-refractivity contribution in [3.8, 4) is 0 Å². The summed E-state index contributed by atoms with van der Waals surface area (Å²) in [6.07, 6.45) is -2.12. The number of fused-ring (bicyclic) bond motifs is 7. The van der Waals surface area contributed by atoms with Crippen molar-refractivity contribution in [2.75, 3.05) is 6.61 Å². The van der Waals surface area contributed by atoms with Gasteiger partial charge in [0.2, 0.25) is 0 Å². The Hall–Kier alpha value is -1.44. The van der Waals surface area contributed by atoms with Gasteiger partial charge in [-0.2, -0.15) is 0 Å². The van der Waals surface area contributed by atoms with Gasteiger partial charge in [0.05, 0.1) is 17.9 Å². The van der Waals surface area contributed by atoms with E-state index in [1.54, 1.807) is 0 Å². The van der Waals surface area contributed by atoms with Crippen LogP contribution in [-0.2, 0) is 28.5 Å². The maximum Gasteiger partial charge on any atom is 0.313 e. The molecule has 5 rings (SSSR count). The van der Waals surface area contributed by atoms with Crippen molar-refractivity contribution in [3.05, 3.63) is 12.2 Å². The molecule has 0 spiro atoms. The molecule has 3 aliphatic heterocycles. The van der Waals surface area contributed by atoms with Crippen LogP contribution in [-0.4, -0.2) is 59.3 Å². The summed E-state index contributed by atoms with van der Waals surface area (Å²) in [7, 11) is 0. The quantitative estimate of drug-likeness (QED) is 0.429. The highest BCUT2D eigenvalue weighted by molar-refractivity contribution is 5.80. The van der Waals surface area contributed by atoms with Gasteiger partial charge in [-0.15, -0.1) is 0 Å². The lowest BCUT2D eigenvalue weighted by Crippen LogP contribution is -2.70. The molecule has 0 aromatic carbocycles. The summed E-state index contributed by atoms with van der Waals surface area (Å²) < 4.78 is 23.0. The van der Waals surface area contributed by atoms with E-state index in [0.29, 0.717) is 0 Å². The number of ether oxygens (including phenoxy) is 4. The van der Waals surface area contributed by atoms with E-state index < -0.39 is 58.9 Å². The third kappa shape index (κ3) is 1.18. The molecule has 2 saturated carbocycles. The second kappa shape index (κ2) is 3.86. The van der Waals surface area contributed by atoms with Crippen LogP contribution in [0.1, 0.15) is 20.8 Å². The monoisotopic (exact) mass is 336 g/mol. The average molecular weight is 336 g/mol. The zero-order valence-corrected chi connectivity index (χ0v) is 13.8. The first-order chi connectivity index (χ1) is 11.2. The van der Waals surface area contributed by atoms with Crippen LogP contribution < -0.4 is 0 Å². The lowest BCUT2D eigenvalue weighted by atomic mass is 9.52. The molecule has 7 nitrogen and oxygen atoms in total. The van der Waals surface area contributed by atoms with Gasteiger partial charge in [-0.1, -0.05) is 12.2 Å². The van der Waals surface area contributed by atoms with E-state index in [9.17, 15) is 14.7 Å². The number of aliphatic hydroxyl groups is 1. The smallest absolute Gasteiger partial charge is 0.313 e. The van der Waals surface area contributed by atoms with Crippen molar-refractivity contribution in [2.45, 2.75) is 56.4 Å². The normalized spacial score (nSPS) is 58.8. The summed E-state index contributed by atoms with van der Waals surface area (Å²) in [5, 5.41) is 11.8. The average Bonchev–Trinajstić information content (AvgIpc) is 3.11. The van der Waals surface area contributed by atoms with Crippen LogP contribution in [0.15, 0.2) is 12.2 Å². The Balaban J connectivity index is 1.74. The number of carbonyl (C=O) groups excluding carboxylic acids is 2. The van der Waals surface area contributed by atoms with Crippen molar-refractivity contribution in [1.82, 2.24) is 0 Å². The van der Waals surface area contributed by atoms with Crippen molar-refractivity contribution in [1.29, 1.82) is 0 Å². The highest BCUT2D eigenvalue weighted by atomic mass is 16.7. The molecule has 9 atom stereocenters. The van der Waals surface area contributed by atoms with E-state index in [0.717, 1.165) is 5.57 Å². The molecule has 0 aromatic heterocycles. The van der Waals surface area contributed by atoms with Gasteiger partial charge in [-0.05, 0) is 13.8 Å². The predicted octanol–water partition coefficient (Wildman–Crippen LogP) is -0.0470. The summed E-state index contributed by atoms with van der Waals surface area (Å²) >= 11 is 0. The Morgan fingerprint density at radius 1 is 1.33 bits per heavy atom. The Bertz CT molecular complexity index is 703. The summed E-state index contributed by atoms with van der Waals surface area (Å²) in [5.41, 5.74) is -2.80. The van der Waals surface area contributed by atoms with Gasteiger partial charge in [0.25, 0.3) is 0 Å². The van der Waals surface area contributed by atoms with E-state index in [4.69, 9.17) is 18.9 Å². The Morgan fingerprint density at radius 3 is 2.67 bits per heavy atom. The Kier molecular flexibility index (Phi) is 2.39. The molecule has 0 amide bonds. The molecule has 0 aromatic rings. The zero-order valence-electron chi connectivity index (χ0n) is 13.8. The second-order valence-corrected chi connectivity index (χ2v) is 7.97. The molecule has 5 aliphatic rings. The third-order valence-electron chi connectivity index (χ3n) is 7.03. The van der Waals surface area contributed by atoms with Gasteiger partial charge in [0.1, 0.15) is 30.0 Å². The molecular formula is C17H20O7. The van der Waals surface area contributed by atoms with Crippen molar-refractivity contribution in [2.24, 2.45) is 17.3 Å². The van der Waals surface area contributed by atoms with Gasteiger partial charge >= 0.3 is 11.9 Å². The molecular weight excluding hydrogens is 316 g/mol. The number of hydrogen-bond donors (Lipinski definition) is 1. The minimum atomic E-state index is -1.51. The van der Waals surface area contributed by atoms with Gasteiger partial charge in [0, 0.05) is 12.8 Å². The number of epoxide rings is 1. The van der Waals surface area contributed by atoms with Crippen molar-refractivity contribution in [3.63, 3.8) is 0 Å². The highest BCUT2D eigenvalue weighted by Crippen LogP contribution is 2.75. The molecule has 3 heterocycles. The molecule has 6 unspecified atom stereocenters. The summed E-state index contributed by atoms with van der Waals surface area (Å²) in [6.45, 7) is 9.10. The first-order valence-corrected chi connectivity index (χ1v) is 8.25. The van der Waals surface area contributed by atoms with Crippen LogP contribution in [0.2, 0.25) is 0 Å². The molecule has 5 fully saturated rings. The lowest BCUT2D eigenvalue weighted by Gasteiger charge is -2.54. The van der Waals surface area contributed by atoms with Crippen LogP contribution in [0.5, 0.6) is 0 Å². The molecule has 24 heavy (non-hydrogen) atoms. The standard InChI is InChI=1S/C17H20O7/c1-6(2)8-9-14(19)22-10(8)11-15(4)16(5-21-11,24-7(3)18)12-13(23-12)17(9,15)20/h8-13,20H,1,5H2,2-4H3/t8?,9?,10?,11?,12?,13?,15-,16+,17-/m0/s1. The van der Waals surface area contributed by atoms with Crippen LogP contribution in [0.4, 0.5) is 0 Å². The largest absolute Gasteiger partial charge is 0.459 e. The van der Waals surface area contributed by atoms with Crippen LogP contribution in [0, 0.1) is 17.3 Å². The fourth-order valence-corrected chi connectivity index (χ4v) is 6.07. The minimum absolute atomic E-state index is 0.126. The fraction of sp³-hybridized carbons (Fsp3) is 0.765. The second-order valence-electron chi connectivity index (χ2n) is 7.97. The number of carbonyl (C=O) groups is 2. The molecule has 7 heteroatoms. The van der Waals surface area contributed by atoms with E-state index in [-0.39, 0.29) is 12.5 Å². The Labute approximate surface area is 138 Å². The van der Waals surface area contributed by atoms with Gasteiger partial charge < -0.3 is 24.1 Å². The van der Waals surface area contributed by atoms with Crippen molar-refractivity contribution >= 4 is 11.9 Å². The summed E-state index contributed by atoms with van der Waals surface area (Å²) in [6, 6.07) is 0. The molecule has 130 valence electrons. The summed E-state index contributed by atoms with van der Waals surface area (Å²) in [5.74, 6) is -2.03. The number of rotatable bonds is 2. The zero-order chi connectivity index (χ0) is 17.2. The predicted molar refractivity (Wildman–Crippen MR) is 77.6 cm³/mol. The van der Waals surface area contributed by atoms with Gasteiger partial charge in [0.15, 0.2) is 5.60 Å². The van der Waals surface area contributed by atoms with E-state index in [2.05, 4.69) is 6.58 Å². The van der Waals surface area contributed by atoms with E-state index in [1.165, 1.54) is 6.92 Å². The van der Waals surface area contributed by atoms with Crippen LogP contribution in [0.3, 0.4) is 0 Å². The molecule has 0 radical (unpaired) electrons. The topological polar surface area (TPSA) is 94.6 Å². The van der Waals surface area contributed by atoms with E-state index in [1.807, 2.05) is 13.8 Å².